The third-order valence-electron chi connectivity index (χ3n) is 3.22. The largest absolute Gasteiger partial charge is 0.481 e. The van der Waals surface area contributed by atoms with Crippen LogP contribution in [0, 0.1) is 6.92 Å². The van der Waals surface area contributed by atoms with Crippen molar-refractivity contribution in [2.45, 2.75) is 45.4 Å². The molecule has 1 aromatic rings. The van der Waals surface area contributed by atoms with Gasteiger partial charge >= 0.3 is 11.9 Å². The van der Waals surface area contributed by atoms with Crippen LogP contribution in [0.1, 0.15) is 49.7 Å². The number of rotatable bonds is 8. The number of benzene rings is 1. The van der Waals surface area contributed by atoms with Gasteiger partial charge in [-0.1, -0.05) is 37.6 Å². The quantitative estimate of drug-likeness (QED) is 0.585. The van der Waals surface area contributed by atoms with Crippen molar-refractivity contribution in [3.8, 4) is 0 Å². The highest BCUT2D eigenvalue weighted by Gasteiger charge is 2.21. The van der Waals surface area contributed by atoms with E-state index in [2.05, 4.69) is 0 Å². The minimum Gasteiger partial charge on any atom is -0.481 e. The Morgan fingerprint density at radius 1 is 1.25 bits per heavy atom. The lowest BCUT2D eigenvalue weighted by Crippen LogP contribution is -2.15. The highest BCUT2D eigenvalue weighted by molar-refractivity contribution is 5.74. The van der Waals surface area contributed by atoms with Crippen molar-refractivity contribution in [2.24, 2.45) is 0 Å². The summed E-state index contributed by atoms with van der Waals surface area (Å²) in [6.07, 6.45) is 1.85. The minimum absolute atomic E-state index is 0.0618. The summed E-state index contributed by atoms with van der Waals surface area (Å²) in [5.74, 6) is -1.56. The summed E-state index contributed by atoms with van der Waals surface area (Å²) < 4.78 is 5.12. The molecule has 0 aliphatic heterocycles. The summed E-state index contributed by atoms with van der Waals surface area (Å²) >= 11 is 0. The molecule has 0 saturated carbocycles. The van der Waals surface area contributed by atoms with E-state index in [-0.39, 0.29) is 24.7 Å². The second kappa shape index (κ2) is 8.35. The van der Waals surface area contributed by atoms with Crippen molar-refractivity contribution in [1.29, 1.82) is 0 Å². The number of carboxylic acids is 1. The van der Waals surface area contributed by atoms with Crippen molar-refractivity contribution in [1.82, 2.24) is 0 Å². The lowest BCUT2D eigenvalue weighted by Gasteiger charge is -2.17. The van der Waals surface area contributed by atoms with E-state index in [1.807, 2.05) is 38.1 Å². The summed E-state index contributed by atoms with van der Waals surface area (Å²) in [5.41, 5.74) is 1.91. The number of carbonyl (C=O) groups is 2. The van der Waals surface area contributed by atoms with Crippen molar-refractivity contribution < 1.29 is 19.4 Å². The maximum absolute atomic E-state index is 11.8. The summed E-state index contributed by atoms with van der Waals surface area (Å²) in [5, 5.41) is 9.01. The van der Waals surface area contributed by atoms with Crippen LogP contribution in [0.3, 0.4) is 0 Å². The first-order valence-corrected chi connectivity index (χ1v) is 6.97. The summed E-state index contributed by atoms with van der Waals surface area (Å²) in [6.45, 7) is 4.35. The van der Waals surface area contributed by atoms with Gasteiger partial charge in [0, 0.05) is 5.92 Å². The SMILES string of the molecule is CCCCOC(=O)CC(CC(=O)O)c1ccccc1C. The number of aryl methyl sites for hydroxylation is 1. The Balaban J connectivity index is 2.72. The molecule has 1 aromatic carbocycles. The Labute approximate surface area is 119 Å². The number of esters is 1. The predicted octanol–water partition coefficient (Wildman–Crippen LogP) is 3.29. The molecular weight excluding hydrogens is 256 g/mol. The first-order valence-electron chi connectivity index (χ1n) is 6.97. The van der Waals surface area contributed by atoms with E-state index >= 15 is 0 Å². The number of ether oxygens (including phenoxy) is 1. The van der Waals surface area contributed by atoms with Crippen molar-refractivity contribution in [3.05, 3.63) is 35.4 Å². The number of aliphatic carboxylic acids is 1. The van der Waals surface area contributed by atoms with Gasteiger partial charge in [0.2, 0.25) is 0 Å². The summed E-state index contributed by atoms with van der Waals surface area (Å²) in [7, 11) is 0. The third-order valence-corrected chi connectivity index (χ3v) is 3.22. The van der Waals surface area contributed by atoms with Gasteiger partial charge in [0.25, 0.3) is 0 Å². The van der Waals surface area contributed by atoms with E-state index in [0.29, 0.717) is 6.61 Å². The van der Waals surface area contributed by atoms with Gasteiger partial charge in [0.05, 0.1) is 19.4 Å². The van der Waals surface area contributed by atoms with Gasteiger partial charge in [-0.2, -0.15) is 0 Å². The normalized spacial score (nSPS) is 11.9. The van der Waals surface area contributed by atoms with E-state index in [9.17, 15) is 9.59 Å². The van der Waals surface area contributed by atoms with E-state index in [1.54, 1.807) is 0 Å². The fraction of sp³-hybridized carbons (Fsp3) is 0.500. The van der Waals surface area contributed by atoms with Crippen molar-refractivity contribution in [3.63, 3.8) is 0 Å². The molecule has 0 heterocycles. The molecule has 1 unspecified atom stereocenters. The van der Waals surface area contributed by atoms with E-state index in [0.717, 1.165) is 24.0 Å². The zero-order chi connectivity index (χ0) is 15.0. The molecule has 0 fully saturated rings. The van der Waals surface area contributed by atoms with Gasteiger partial charge in [0.15, 0.2) is 0 Å². The van der Waals surface area contributed by atoms with Crippen LogP contribution < -0.4 is 0 Å². The first-order chi connectivity index (χ1) is 9.54. The van der Waals surface area contributed by atoms with Crippen LogP contribution >= 0.6 is 0 Å². The summed E-state index contributed by atoms with van der Waals surface area (Å²) in [6, 6.07) is 7.56. The molecule has 4 heteroatoms. The molecule has 20 heavy (non-hydrogen) atoms. The number of hydrogen-bond donors (Lipinski definition) is 1. The maximum atomic E-state index is 11.8. The first kappa shape index (κ1) is 16.2. The molecule has 0 saturated heterocycles. The Morgan fingerprint density at radius 3 is 2.55 bits per heavy atom. The van der Waals surface area contributed by atoms with Crippen LogP contribution in [0.4, 0.5) is 0 Å². The fourth-order valence-electron chi connectivity index (χ4n) is 2.14. The van der Waals surface area contributed by atoms with Crippen LogP contribution in [-0.4, -0.2) is 23.7 Å². The topological polar surface area (TPSA) is 63.6 Å². The van der Waals surface area contributed by atoms with Crippen LogP contribution in [0.25, 0.3) is 0 Å². The molecule has 110 valence electrons. The van der Waals surface area contributed by atoms with E-state index in [4.69, 9.17) is 9.84 Å². The number of carboxylic acid groups (broad SMARTS) is 1. The van der Waals surface area contributed by atoms with E-state index in [1.165, 1.54) is 0 Å². The zero-order valence-corrected chi connectivity index (χ0v) is 12.1. The lowest BCUT2D eigenvalue weighted by atomic mass is 9.89. The Morgan fingerprint density at radius 2 is 1.95 bits per heavy atom. The molecular formula is C16H22O4. The molecule has 1 atom stereocenters. The number of hydrogen-bond acceptors (Lipinski definition) is 3. The molecule has 0 amide bonds. The van der Waals surface area contributed by atoms with Crippen LogP contribution in [0.5, 0.6) is 0 Å². The van der Waals surface area contributed by atoms with Gasteiger partial charge in [0.1, 0.15) is 0 Å². The van der Waals surface area contributed by atoms with Crippen LogP contribution in [-0.2, 0) is 14.3 Å². The molecule has 0 aromatic heterocycles. The van der Waals surface area contributed by atoms with Gasteiger partial charge in [-0.15, -0.1) is 0 Å². The van der Waals surface area contributed by atoms with Gasteiger partial charge < -0.3 is 9.84 Å². The molecule has 0 bridgehead atoms. The maximum Gasteiger partial charge on any atom is 0.306 e. The van der Waals surface area contributed by atoms with Crippen LogP contribution in [0.2, 0.25) is 0 Å². The predicted molar refractivity (Wildman–Crippen MR) is 76.7 cm³/mol. The highest BCUT2D eigenvalue weighted by atomic mass is 16.5. The van der Waals surface area contributed by atoms with Crippen molar-refractivity contribution in [2.75, 3.05) is 6.61 Å². The summed E-state index contributed by atoms with van der Waals surface area (Å²) in [4.78, 5) is 22.8. The fourth-order valence-corrected chi connectivity index (χ4v) is 2.14. The third kappa shape index (κ3) is 5.43. The second-order valence-electron chi connectivity index (χ2n) is 4.93. The molecule has 4 nitrogen and oxygen atoms in total. The van der Waals surface area contributed by atoms with E-state index < -0.39 is 5.97 Å². The van der Waals surface area contributed by atoms with Gasteiger partial charge in [-0.3, -0.25) is 9.59 Å². The Kier molecular flexibility index (Phi) is 6.77. The van der Waals surface area contributed by atoms with Crippen molar-refractivity contribution >= 4 is 11.9 Å². The molecule has 0 spiro atoms. The second-order valence-corrected chi connectivity index (χ2v) is 4.93. The van der Waals surface area contributed by atoms with Gasteiger partial charge in [-0.05, 0) is 24.5 Å². The van der Waals surface area contributed by atoms with Crippen LogP contribution in [0.15, 0.2) is 24.3 Å². The Hall–Kier alpha value is -1.84. The smallest absolute Gasteiger partial charge is 0.306 e. The Bertz CT molecular complexity index is 454. The average Bonchev–Trinajstić information content (AvgIpc) is 2.38. The molecule has 1 rings (SSSR count). The number of carbonyl (C=O) groups excluding carboxylic acids is 1. The zero-order valence-electron chi connectivity index (χ0n) is 12.1. The molecule has 0 aliphatic carbocycles. The lowest BCUT2D eigenvalue weighted by molar-refractivity contribution is -0.144. The molecule has 0 radical (unpaired) electrons. The van der Waals surface area contributed by atoms with Gasteiger partial charge in [-0.25, -0.2) is 0 Å². The number of unbranched alkanes of at least 4 members (excludes halogenated alkanes) is 1. The molecule has 1 N–H and O–H groups in total. The highest BCUT2D eigenvalue weighted by Crippen LogP contribution is 2.26. The standard InChI is InChI=1S/C16H22O4/c1-3-4-9-20-16(19)11-13(10-15(17)18)14-8-6-5-7-12(14)2/h5-8,13H,3-4,9-11H2,1-2H3,(H,17,18). The minimum atomic E-state index is -0.903. The average molecular weight is 278 g/mol. The molecule has 0 aliphatic rings. The monoisotopic (exact) mass is 278 g/mol.